The maximum absolute atomic E-state index is 11.3. The summed E-state index contributed by atoms with van der Waals surface area (Å²) in [4.78, 5) is 11.3. The van der Waals surface area contributed by atoms with E-state index in [-0.39, 0.29) is 5.69 Å². The summed E-state index contributed by atoms with van der Waals surface area (Å²) in [6, 6.07) is 18.3. The van der Waals surface area contributed by atoms with E-state index in [9.17, 15) is 4.79 Å². The first-order chi connectivity index (χ1) is 12.5. The van der Waals surface area contributed by atoms with Gasteiger partial charge in [-0.25, -0.2) is 4.68 Å². The highest BCUT2D eigenvalue weighted by Gasteiger charge is 2.11. The van der Waals surface area contributed by atoms with Gasteiger partial charge in [0, 0.05) is 33.8 Å². The Bertz CT molecular complexity index is 1110. The SMILES string of the molecule is Cc1cc(C(N)=O)nn1-c1ccc2c(ccn2Cc2ccc(Br)cc2)c1. The molecule has 6 heteroatoms. The number of rotatable bonds is 4. The lowest BCUT2D eigenvalue weighted by Crippen LogP contribution is -2.12. The average Bonchev–Trinajstić information content (AvgIpc) is 3.20. The Kier molecular flexibility index (Phi) is 4.12. The largest absolute Gasteiger partial charge is 0.364 e. The van der Waals surface area contributed by atoms with E-state index in [4.69, 9.17) is 5.73 Å². The Balaban J connectivity index is 1.69. The normalized spacial score (nSPS) is 11.2. The summed E-state index contributed by atoms with van der Waals surface area (Å²) in [6.45, 7) is 2.71. The second kappa shape index (κ2) is 6.46. The molecule has 2 aromatic heterocycles. The predicted octanol–water partition coefficient (Wildman–Crippen LogP) is 4.05. The Labute approximate surface area is 159 Å². The zero-order chi connectivity index (χ0) is 18.3. The van der Waals surface area contributed by atoms with Crippen LogP contribution in [0.15, 0.2) is 65.3 Å². The predicted molar refractivity (Wildman–Crippen MR) is 106 cm³/mol. The quantitative estimate of drug-likeness (QED) is 0.553. The molecule has 0 unspecified atom stereocenters. The molecule has 0 aliphatic heterocycles. The molecule has 2 aromatic carbocycles. The molecular weight excluding hydrogens is 392 g/mol. The van der Waals surface area contributed by atoms with Gasteiger partial charge in [0.1, 0.15) is 0 Å². The smallest absolute Gasteiger partial charge is 0.269 e. The van der Waals surface area contributed by atoms with Crippen LogP contribution in [0.3, 0.4) is 0 Å². The van der Waals surface area contributed by atoms with Gasteiger partial charge >= 0.3 is 0 Å². The zero-order valence-corrected chi connectivity index (χ0v) is 15.8. The van der Waals surface area contributed by atoms with Crippen LogP contribution in [0.25, 0.3) is 16.6 Å². The number of carbonyl (C=O) groups excluding carboxylic acids is 1. The van der Waals surface area contributed by atoms with Gasteiger partial charge in [0.2, 0.25) is 0 Å². The zero-order valence-electron chi connectivity index (χ0n) is 14.2. The molecule has 0 aliphatic rings. The number of benzene rings is 2. The number of carbonyl (C=O) groups is 1. The summed E-state index contributed by atoms with van der Waals surface area (Å²) in [5.41, 5.74) is 9.77. The van der Waals surface area contributed by atoms with E-state index in [2.05, 4.69) is 74.3 Å². The average molecular weight is 409 g/mol. The van der Waals surface area contributed by atoms with Gasteiger partial charge in [-0.3, -0.25) is 4.79 Å². The minimum absolute atomic E-state index is 0.274. The van der Waals surface area contributed by atoms with Crippen LogP contribution in [-0.2, 0) is 6.54 Å². The third-order valence-electron chi connectivity index (χ3n) is 4.41. The lowest BCUT2D eigenvalue weighted by Gasteiger charge is -2.08. The van der Waals surface area contributed by atoms with Gasteiger partial charge in [-0.1, -0.05) is 28.1 Å². The first kappa shape index (κ1) is 16.6. The standard InChI is InChI=1S/C20H17BrN4O/c1-13-10-18(20(22)26)23-25(13)17-6-7-19-15(11-17)8-9-24(19)12-14-2-4-16(21)5-3-14/h2-11H,12H2,1H3,(H2,22,26). The Morgan fingerprint density at radius 1 is 1.12 bits per heavy atom. The number of nitrogens with two attached hydrogens (primary N) is 1. The highest BCUT2D eigenvalue weighted by molar-refractivity contribution is 9.10. The van der Waals surface area contributed by atoms with Crippen LogP contribution in [0.1, 0.15) is 21.7 Å². The maximum Gasteiger partial charge on any atom is 0.269 e. The van der Waals surface area contributed by atoms with Crippen molar-refractivity contribution in [3.05, 3.63) is 82.2 Å². The summed E-state index contributed by atoms with van der Waals surface area (Å²) >= 11 is 3.47. The van der Waals surface area contributed by atoms with Gasteiger partial charge in [0.05, 0.1) is 5.69 Å². The fraction of sp³-hybridized carbons (Fsp3) is 0.100. The molecule has 4 rings (SSSR count). The molecule has 0 atom stereocenters. The van der Waals surface area contributed by atoms with Crippen LogP contribution in [0, 0.1) is 6.92 Å². The van der Waals surface area contributed by atoms with E-state index in [1.54, 1.807) is 10.7 Å². The van der Waals surface area contributed by atoms with Crippen LogP contribution in [0.2, 0.25) is 0 Å². The lowest BCUT2D eigenvalue weighted by molar-refractivity contribution is 0.0995. The number of halogens is 1. The molecule has 2 N–H and O–H groups in total. The van der Waals surface area contributed by atoms with E-state index >= 15 is 0 Å². The molecule has 0 radical (unpaired) electrons. The number of fused-ring (bicyclic) bond motifs is 1. The third kappa shape index (κ3) is 3.04. The van der Waals surface area contributed by atoms with Crippen LogP contribution in [-0.4, -0.2) is 20.3 Å². The number of aromatic nitrogens is 3. The van der Waals surface area contributed by atoms with Gasteiger partial charge in [0.25, 0.3) is 5.91 Å². The third-order valence-corrected chi connectivity index (χ3v) is 4.93. The van der Waals surface area contributed by atoms with E-state index in [0.29, 0.717) is 0 Å². The number of primary amides is 1. The molecule has 0 bridgehead atoms. The number of nitrogens with zero attached hydrogens (tertiary/aromatic N) is 3. The summed E-state index contributed by atoms with van der Waals surface area (Å²) < 4.78 is 5.03. The van der Waals surface area contributed by atoms with Crippen molar-refractivity contribution in [1.82, 2.24) is 14.3 Å². The maximum atomic E-state index is 11.3. The van der Waals surface area contributed by atoms with Gasteiger partial charge < -0.3 is 10.3 Å². The summed E-state index contributed by atoms with van der Waals surface area (Å²) in [5.74, 6) is -0.520. The molecule has 130 valence electrons. The molecule has 5 nitrogen and oxygen atoms in total. The van der Waals surface area contributed by atoms with Crippen molar-refractivity contribution in [3.8, 4) is 5.69 Å². The van der Waals surface area contributed by atoms with Crippen molar-refractivity contribution in [3.63, 3.8) is 0 Å². The molecule has 26 heavy (non-hydrogen) atoms. The second-order valence-electron chi connectivity index (χ2n) is 6.26. The minimum Gasteiger partial charge on any atom is -0.364 e. The molecule has 1 amide bonds. The Morgan fingerprint density at radius 3 is 2.58 bits per heavy atom. The summed E-state index contributed by atoms with van der Waals surface area (Å²) in [6.07, 6.45) is 2.08. The summed E-state index contributed by atoms with van der Waals surface area (Å²) in [7, 11) is 0. The van der Waals surface area contributed by atoms with Crippen LogP contribution in [0.4, 0.5) is 0 Å². The molecule has 0 saturated carbocycles. The Hall–Kier alpha value is -2.86. The van der Waals surface area contributed by atoms with Crippen molar-refractivity contribution >= 4 is 32.7 Å². The van der Waals surface area contributed by atoms with Crippen molar-refractivity contribution in [2.75, 3.05) is 0 Å². The molecule has 4 aromatic rings. The highest BCUT2D eigenvalue weighted by atomic mass is 79.9. The topological polar surface area (TPSA) is 65.8 Å². The molecular formula is C20H17BrN4O. The van der Waals surface area contributed by atoms with Gasteiger partial charge in [-0.2, -0.15) is 5.10 Å². The monoisotopic (exact) mass is 408 g/mol. The van der Waals surface area contributed by atoms with Crippen molar-refractivity contribution in [2.45, 2.75) is 13.5 Å². The summed E-state index contributed by atoms with van der Waals surface area (Å²) in [5, 5.41) is 5.42. The number of hydrogen-bond acceptors (Lipinski definition) is 2. The van der Waals surface area contributed by atoms with Gasteiger partial charge in [-0.05, 0) is 55.0 Å². The first-order valence-corrected chi connectivity index (χ1v) is 9.01. The van der Waals surface area contributed by atoms with Gasteiger partial charge in [-0.15, -0.1) is 0 Å². The van der Waals surface area contributed by atoms with Crippen molar-refractivity contribution in [1.29, 1.82) is 0 Å². The fourth-order valence-corrected chi connectivity index (χ4v) is 3.36. The van der Waals surface area contributed by atoms with Crippen LogP contribution >= 0.6 is 15.9 Å². The van der Waals surface area contributed by atoms with E-state index in [1.165, 1.54) is 5.56 Å². The van der Waals surface area contributed by atoms with E-state index in [1.807, 2.05) is 13.0 Å². The second-order valence-corrected chi connectivity index (χ2v) is 7.18. The van der Waals surface area contributed by atoms with E-state index < -0.39 is 5.91 Å². The van der Waals surface area contributed by atoms with Gasteiger partial charge in [0.15, 0.2) is 5.69 Å². The molecule has 0 saturated heterocycles. The number of hydrogen-bond donors (Lipinski definition) is 1. The Morgan fingerprint density at radius 2 is 1.88 bits per heavy atom. The van der Waals surface area contributed by atoms with Crippen LogP contribution < -0.4 is 5.73 Å². The van der Waals surface area contributed by atoms with Crippen molar-refractivity contribution < 1.29 is 4.79 Å². The molecule has 0 fully saturated rings. The molecule has 0 aliphatic carbocycles. The van der Waals surface area contributed by atoms with Crippen molar-refractivity contribution in [2.24, 2.45) is 5.73 Å². The van der Waals surface area contributed by atoms with E-state index in [0.717, 1.165) is 33.3 Å². The molecule has 0 spiro atoms. The highest BCUT2D eigenvalue weighted by Crippen LogP contribution is 2.22. The van der Waals surface area contributed by atoms with Crippen LogP contribution in [0.5, 0.6) is 0 Å². The molecule has 2 heterocycles. The number of aryl methyl sites for hydroxylation is 1. The first-order valence-electron chi connectivity index (χ1n) is 8.21. The fourth-order valence-electron chi connectivity index (χ4n) is 3.10. The lowest BCUT2D eigenvalue weighted by atomic mass is 10.2. The minimum atomic E-state index is -0.520. The number of amides is 1.